The van der Waals surface area contributed by atoms with Crippen LogP contribution in [0.25, 0.3) is 5.69 Å². The van der Waals surface area contributed by atoms with Gasteiger partial charge in [-0.1, -0.05) is 42.5 Å². The van der Waals surface area contributed by atoms with Gasteiger partial charge in [0.2, 0.25) is 0 Å². The van der Waals surface area contributed by atoms with Gasteiger partial charge in [0.25, 0.3) is 0 Å². The molecule has 0 bridgehead atoms. The van der Waals surface area contributed by atoms with Crippen LogP contribution in [0, 0.1) is 0 Å². The van der Waals surface area contributed by atoms with Crippen molar-refractivity contribution in [1.29, 1.82) is 0 Å². The summed E-state index contributed by atoms with van der Waals surface area (Å²) in [4.78, 5) is 0. The molecule has 0 fully saturated rings. The van der Waals surface area contributed by atoms with E-state index in [9.17, 15) is 5.11 Å². The van der Waals surface area contributed by atoms with Gasteiger partial charge in [0.05, 0.1) is 11.8 Å². The first-order valence-electron chi connectivity index (χ1n) is 8.28. The molecular weight excluding hydrogens is 298 g/mol. The van der Waals surface area contributed by atoms with Crippen molar-refractivity contribution in [1.82, 2.24) is 15.1 Å². The Balaban J connectivity index is 1.50. The van der Waals surface area contributed by atoms with Gasteiger partial charge in [-0.25, -0.2) is 4.68 Å². The van der Waals surface area contributed by atoms with E-state index in [0.717, 1.165) is 17.8 Å². The van der Waals surface area contributed by atoms with Crippen LogP contribution in [-0.2, 0) is 6.54 Å². The fourth-order valence-electron chi connectivity index (χ4n) is 2.71. The quantitative estimate of drug-likeness (QED) is 0.700. The molecule has 0 aliphatic heterocycles. The first-order chi connectivity index (χ1) is 11.7. The Labute approximate surface area is 142 Å². The number of nitrogens with zero attached hydrogens (tertiary/aromatic N) is 2. The second kappa shape index (κ2) is 7.90. The second-order valence-corrected chi connectivity index (χ2v) is 6.06. The minimum absolute atomic E-state index is 0.228. The molecule has 24 heavy (non-hydrogen) atoms. The zero-order valence-corrected chi connectivity index (χ0v) is 13.8. The van der Waals surface area contributed by atoms with Crippen LogP contribution in [0.4, 0.5) is 0 Å². The van der Waals surface area contributed by atoms with Crippen LogP contribution in [0.2, 0.25) is 0 Å². The molecule has 0 aliphatic carbocycles. The van der Waals surface area contributed by atoms with Crippen molar-refractivity contribution < 1.29 is 5.11 Å². The van der Waals surface area contributed by atoms with Crippen molar-refractivity contribution >= 4 is 0 Å². The smallest absolute Gasteiger partial charge is 0.0804 e. The van der Waals surface area contributed by atoms with Gasteiger partial charge in [-0.05, 0) is 42.7 Å². The second-order valence-electron chi connectivity index (χ2n) is 6.06. The lowest BCUT2D eigenvalue weighted by molar-refractivity contribution is 0.154. The Bertz CT molecular complexity index is 723. The third kappa shape index (κ3) is 4.31. The molecule has 2 unspecified atom stereocenters. The van der Waals surface area contributed by atoms with Gasteiger partial charge in [0.1, 0.15) is 0 Å². The van der Waals surface area contributed by atoms with Gasteiger partial charge < -0.3 is 10.4 Å². The van der Waals surface area contributed by atoms with Crippen molar-refractivity contribution in [3.05, 3.63) is 84.2 Å². The zero-order chi connectivity index (χ0) is 16.8. The highest BCUT2D eigenvalue weighted by Gasteiger charge is 2.11. The lowest BCUT2D eigenvalue weighted by atomic mass is 10.0. The summed E-state index contributed by atoms with van der Waals surface area (Å²) in [7, 11) is 0. The van der Waals surface area contributed by atoms with Crippen molar-refractivity contribution in [3.63, 3.8) is 0 Å². The molecule has 4 nitrogen and oxygen atoms in total. The number of rotatable bonds is 7. The number of hydrogen-bond donors (Lipinski definition) is 2. The number of aliphatic hydroxyl groups excluding tert-OH is 1. The van der Waals surface area contributed by atoms with E-state index in [-0.39, 0.29) is 6.04 Å². The molecule has 124 valence electrons. The molecular formula is C20H23N3O. The van der Waals surface area contributed by atoms with Crippen molar-refractivity contribution in [3.8, 4) is 5.69 Å². The van der Waals surface area contributed by atoms with Gasteiger partial charge in [-0.15, -0.1) is 0 Å². The topological polar surface area (TPSA) is 50.1 Å². The molecule has 2 aromatic carbocycles. The lowest BCUT2D eigenvalue weighted by Crippen LogP contribution is -2.27. The van der Waals surface area contributed by atoms with Gasteiger partial charge in [0, 0.05) is 25.0 Å². The summed E-state index contributed by atoms with van der Waals surface area (Å²) in [5.74, 6) is 0. The van der Waals surface area contributed by atoms with E-state index < -0.39 is 6.10 Å². The zero-order valence-electron chi connectivity index (χ0n) is 13.8. The fraction of sp³-hybridized carbons (Fsp3) is 0.250. The molecule has 4 heteroatoms. The molecule has 0 spiro atoms. The average Bonchev–Trinajstić information content (AvgIpc) is 3.16. The van der Waals surface area contributed by atoms with Crippen molar-refractivity contribution in [2.45, 2.75) is 32.0 Å². The Morgan fingerprint density at radius 2 is 1.79 bits per heavy atom. The maximum absolute atomic E-state index is 10.3. The third-order valence-electron chi connectivity index (χ3n) is 4.12. The Morgan fingerprint density at radius 3 is 2.46 bits per heavy atom. The molecule has 3 rings (SSSR count). The van der Waals surface area contributed by atoms with Crippen LogP contribution in [0.3, 0.4) is 0 Å². The van der Waals surface area contributed by atoms with Crippen molar-refractivity contribution in [2.75, 3.05) is 0 Å². The maximum Gasteiger partial charge on any atom is 0.0804 e. The summed E-state index contributed by atoms with van der Waals surface area (Å²) in [5.41, 5.74) is 3.23. The summed E-state index contributed by atoms with van der Waals surface area (Å²) < 4.78 is 1.84. The van der Waals surface area contributed by atoms with Gasteiger partial charge in [-0.2, -0.15) is 5.10 Å². The first kappa shape index (κ1) is 16.4. The number of aliphatic hydroxyl groups is 1. The van der Waals surface area contributed by atoms with E-state index in [0.29, 0.717) is 6.42 Å². The molecule has 1 heterocycles. The van der Waals surface area contributed by atoms with E-state index in [4.69, 9.17) is 0 Å². The predicted molar refractivity (Wildman–Crippen MR) is 95.9 cm³/mol. The number of aromatic nitrogens is 2. The molecule has 0 aliphatic rings. The van der Waals surface area contributed by atoms with E-state index in [2.05, 4.69) is 41.6 Å². The molecule has 0 amide bonds. The van der Waals surface area contributed by atoms with Crippen molar-refractivity contribution in [2.24, 2.45) is 0 Å². The molecule has 2 N–H and O–H groups in total. The SMILES string of the molecule is CC(CC(O)c1ccccc1)NCc1ccc(-n2cccn2)cc1. The van der Waals surface area contributed by atoms with Crippen LogP contribution < -0.4 is 5.32 Å². The highest BCUT2D eigenvalue weighted by molar-refractivity contribution is 5.33. The van der Waals surface area contributed by atoms with E-state index >= 15 is 0 Å². The molecule has 0 radical (unpaired) electrons. The van der Waals surface area contributed by atoms with E-state index in [1.807, 2.05) is 47.3 Å². The van der Waals surface area contributed by atoms with Crippen LogP contribution in [-0.4, -0.2) is 20.9 Å². The fourth-order valence-corrected chi connectivity index (χ4v) is 2.71. The minimum Gasteiger partial charge on any atom is -0.388 e. The number of benzene rings is 2. The average molecular weight is 321 g/mol. The summed E-state index contributed by atoms with van der Waals surface area (Å²) >= 11 is 0. The van der Waals surface area contributed by atoms with E-state index in [1.165, 1.54) is 5.56 Å². The van der Waals surface area contributed by atoms with Crippen LogP contribution in [0.1, 0.15) is 30.6 Å². The predicted octanol–water partition coefficient (Wildman–Crippen LogP) is 3.47. The number of hydrogen-bond acceptors (Lipinski definition) is 3. The van der Waals surface area contributed by atoms with Gasteiger partial charge in [0.15, 0.2) is 0 Å². The molecule has 3 aromatic rings. The molecule has 0 saturated carbocycles. The highest BCUT2D eigenvalue weighted by atomic mass is 16.3. The van der Waals surface area contributed by atoms with Crippen LogP contribution in [0.5, 0.6) is 0 Å². The lowest BCUT2D eigenvalue weighted by Gasteiger charge is -2.18. The van der Waals surface area contributed by atoms with Crippen LogP contribution >= 0.6 is 0 Å². The Hall–Kier alpha value is -2.43. The normalized spacial score (nSPS) is 13.6. The van der Waals surface area contributed by atoms with Gasteiger partial charge in [-0.3, -0.25) is 0 Å². The molecule has 0 saturated heterocycles. The molecule has 2 atom stereocenters. The highest BCUT2D eigenvalue weighted by Crippen LogP contribution is 2.18. The monoisotopic (exact) mass is 321 g/mol. The molecule has 1 aromatic heterocycles. The summed E-state index contributed by atoms with van der Waals surface area (Å²) in [6.07, 6.45) is 3.96. The largest absolute Gasteiger partial charge is 0.388 e. The Kier molecular flexibility index (Phi) is 5.41. The summed E-state index contributed by atoms with van der Waals surface area (Å²) in [6, 6.07) is 20.3. The van der Waals surface area contributed by atoms with Crippen LogP contribution in [0.15, 0.2) is 73.1 Å². The minimum atomic E-state index is -0.434. The Morgan fingerprint density at radius 1 is 1.04 bits per heavy atom. The third-order valence-corrected chi connectivity index (χ3v) is 4.12. The summed E-state index contributed by atoms with van der Waals surface area (Å²) in [6.45, 7) is 2.88. The summed E-state index contributed by atoms with van der Waals surface area (Å²) in [5, 5.41) is 18.0. The van der Waals surface area contributed by atoms with E-state index in [1.54, 1.807) is 6.20 Å². The number of nitrogens with one attached hydrogen (secondary N) is 1. The first-order valence-corrected chi connectivity index (χ1v) is 8.28. The maximum atomic E-state index is 10.3. The van der Waals surface area contributed by atoms with Gasteiger partial charge >= 0.3 is 0 Å². The standard InChI is InChI=1S/C20H23N3O/c1-16(14-20(24)18-6-3-2-4-7-18)21-15-17-8-10-19(11-9-17)23-13-5-12-22-23/h2-13,16,20-21,24H,14-15H2,1H3.